The van der Waals surface area contributed by atoms with Crippen LogP contribution in [0.4, 0.5) is 11.4 Å². The number of rotatable bonds is 4. The van der Waals surface area contributed by atoms with Crippen LogP contribution in [0.5, 0.6) is 0 Å². The van der Waals surface area contributed by atoms with Gasteiger partial charge in [0.1, 0.15) is 0 Å². The molecule has 0 aliphatic carbocycles. The van der Waals surface area contributed by atoms with Gasteiger partial charge in [-0.3, -0.25) is 4.98 Å². The van der Waals surface area contributed by atoms with Crippen molar-refractivity contribution in [2.45, 2.75) is 6.42 Å². The van der Waals surface area contributed by atoms with Crippen molar-refractivity contribution in [3.8, 4) is 0 Å². The highest BCUT2D eigenvalue weighted by Gasteiger charge is 2.09. The first-order valence-corrected chi connectivity index (χ1v) is 6.68. The van der Waals surface area contributed by atoms with Crippen molar-refractivity contribution in [3.05, 3.63) is 52.3 Å². The summed E-state index contributed by atoms with van der Waals surface area (Å²) in [4.78, 5) is 6.07. The highest BCUT2D eigenvalue weighted by molar-refractivity contribution is 6.42. The quantitative estimate of drug-likeness (QED) is 0.876. The summed E-state index contributed by atoms with van der Waals surface area (Å²) in [7, 11) is 1.98. The molecule has 2 rings (SSSR count). The lowest BCUT2D eigenvalue weighted by Gasteiger charge is -2.21. The van der Waals surface area contributed by atoms with Crippen LogP contribution < -0.4 is 10.6 Å². The highest BCUT2D eigenvalue weighted by Crippen LogP contribution is 2.32. The third-order valence-corrected chi connectivity index (χ3v) is 3.69. The lowest BCUT2D eigenvalue weighted by Crippen LogP contribution is -2.21. The summed E-state index contributed by atoms with van der Waals surface area (Å²) in [6, 6.07) is 7.49. The van der Waals surface area contributed by atoms with Gasteiger partial charge in [0.15, 0.2) is 0 Å². The van der Waals surface area contributed by atoms with Crippen molar-refractivity contribution >= 4 is 34.6 Å². The summed E-state index contributed by atoms with van der Waals surface area (Å²) in [6.45, 7) is 0.839. The van der Waals surface area contributed by atoms with Crippen LogP contribution in [0.2, 0.25) is 10.0 Å². The lowest BCUT2D eigenvalue weighted by atomic mass is 10.2. The predicted molar refractivity (Wildman–Crippen MR) is 82.1 cm³/mol. The number of nitrogens with zero attached hydrogens (tertiary/aromatic N) is 2. The maximum atomic E-state index is 6.02. The van der Waals surface area contributed by atoms with Crippen LogP contribution in [0.3, 0.4) is 0 Å². The summed E-state index contributed by atoms with van der Waals surface area (Å²) < 4.78 is 0. The Morgan fingerprint density at radius 2 is 1.79 bits per heavy atom. The number of nitrogen functional groups attached to an aromatic ring is 1. The van der Waals surface area contributed by atoms with Gasteiger partial charge in [-0.15, -0.1) is 0 Å². The van der Waals surface area contributed by atoms with Gasteiger partial charge in [-0.1, -0.05) is 23.2 Å². The van der Waals surface area contributed by atoms with Gasteiger partial charge in [0.2, 0.25) is 0 Å². The summed E-state index contributed by atoms with van der Waals surface area (Å²) in [5.41, 5.74) is 8.73. The fourth-order valence-electron chi connectivity index (χ4n) is 1.85. The van der Waals surface area contributed by atoms with E-state index in [0.29, 0.717) is 15.7 Å². The minimum absolute atomic E-state index is 0.477. The van der Waals surface area contributed by atoms with E-state index < -0.39 is 0 Å². The van der Waals surface area contributed by atoms with E-state index in [1.54, 1.807) is 24.5 Å². The van der Waals surface area contributed by atoms with Gasteiger partial charge < -0.3 is 10.6 Å². The molecule has 0 amide bonds. The van der Waals surface area contributed by atoms with E-state index in [1.807, 2.05) is 19.2 Å². The normalized spacial score (nSPS) is 10.5. The first-order valence-electron chi connectivity index (χ1n) is 5.92. The number of halogens is 2. The second-order valence-corrected chi connectivity index (χ2v) is 5.17. The van der Waals surface area contributed by atoms with Crippen LogP contribution in [-0.4, -0.2) is 18.6 Å². The number of nitrogens with two attached hydrogens (primary N) is 1. The van der Waals surface area contributed by atoms with Gasteiger partial charge in [-0.05, 0) is 36.2 Å². The number of hydrogen-bond acceptors (Lipinski definition) is 3. The lowest BCUT2D eigenvalue weighted by molar-refractivity contribution is 0.876. The molecular formula is C14H15Cl2N3. The van der Waals surface area contributed by atoms with Crippen molar-refractivity contribution in [3.63, 3.8) is 0 Å². The molecule has 0 radical (unpaired) electrons. The Morgan fingerprint density at radius 3 is 2.47 bits per heavy atom. The minimum atomic E-state index is 0.477. The van der Waals surface area contributed by atoms with Crippen LogP contribution in [0.25, 0.3) is 0 Å². The van der Waals surface area contributed by atoms with Crippen molar-refractivity contribution in [2.24, 2.45) is 0 Å². The summed E-state index contributed by atoms with van der Waals surface area (Å²) in [5, 5.41) is 0.993. The molecule has 5 heteroatoms. The SMILES string of the molecule is CN(CCc1ccncc1)c1cc(Cl)c(Cl)cc1N. The maximum Gasteiger partial charge on any atom is 0.0614 e. The van der Waals surface area contributed by atoms with E-state index in [1.165, 1.54) is 5.56 Å². The van der Waals surface area contributed by atoms with E-state index in [4.69, 9.17) is 28.9 Å². The van der Waals surface area contributed by atoms with Crippen LogP contribution in [0, 0.1) is 0 Å². The third kappa shape index (κ3) is 3.52. The van der Waals surface area contributed by atoms with E-state index in [-0.39, 0.29) is 0 Å². The van der Waals surface area contributed by atoms with E-state index in [9.17, 15) is 0 Å². The third-order valence-electron chi connectivity index (χ3n) is 2.97. The molecule has 0 spiro atoms. The maximum absolute atomic E-state index is 6.02. The molecule has 0 bridgehead atoms. The van der Waals surface area contributed by atoms with Crippen molar-refractivity contribution < 1.29 is 0 Å². The Morgan fingerprint density at radius 1 is 1.16 bits per heavy atom. The van der Waals surface area contributed by atoms with Gasteiger partial charge in [0.25, 0.3) is 0 Å². The molecule has 1 aromatic carbocycles. The molecule has 0 aliphatic heterocycles. The monoisotopic (exact) mass is 295 g/mol. The van der Waals surface area contributed by atoms with Gasteiger partial charge in [0, 0.05) is 26.0 Å². The van der Waals surface area contributed by atoms with E-state index in [2.05, 4.69) is 9.88 Å². The Labute approximate surface area is 123 Å². The van der Waals surface area contributed by atoms with Crippen LogP contribution >= 0.6 is 23.2 Å². The number of benzene rings is 1. The topological polar surface area (TPSA) is 42.2 Å². The molecule has 0 aliphatic rings. The second kappa shape index (κ2) is 6.13. The average Bonchev–Trinajstić information content (AvgIpc) is 2.41. The zero-order valence-corrected chi connectivity index (χ0v) is 12.1. The van der Waals surface area contributed by atoms with Gasteiger partial charge in [-0.2, -0.15) is 0 Å². The van der Waals surface area contributed by atoms with Crippen LogP contribution in [0.1, 0.15) is 5.56 Å². The molecule has 1 aromatic heterocycles. The molecule has 0 saturated heterocycles. The standard InChI is InChI=1S/C14H15Cl2N3/c1-19(7-4-10-2-5-18-6-3-10)14-9-12(16)11(15)8-13(14)17/h2-3,5-6,8-9H,4,7,17H2,1H3. The zero-order chi connectivity index (χ0) is 13.8. The first kappa shape index (κ1) is 14.0. The minimum Gasteiger partial charge on any atom is -0.397 e. The van der Waals surface area contributed by atoms with Crippen LogP contribution in [-0.2, 0) is 6.42 Å². The Kier molecular flexibility index (Phi) is 4.51. The molecule has 0 unspecified atom stereocenters. The van der Waals surface area contributed by atoms with Gasteiger partial charge in [-0.25, -0.2) is 0 Å². The van der Waals surface area contributed by atoms with Crippen LogP contribution in [0.15, 0.2) is 36.7 Å². The highest BCUT2D eigenvalue weighted by atomic mass is 35.5. The molecule has 0 saturated carbocycles. The Hall–Kier alpha value is -1.45. The predicted octanol–water partition coefficient (Wildman–Crippen LogP) is 3.65. The average molecular weight is 296 g/mol. The van der Waals surface area contributed by atoms with Gasteiger partial charge >= 0.3 is 0 Å². The zero-order valence-electron chi connectivity index (χ0n) is 10.6. The fraction of sp³-hybridized carbons (Fsp3) is 0.214. The number of pyridine rings is 1. The van der Waals surface area contributed by atoms with Gasteiger partial charge in [0.05, 0.1) is 21.4 Å². The Balaban J connectivity index is 2.08. The second-order valence-electron chi connectivity index (χ2n) is 4.35. The molecule has 2 N–H and O–H groups in total. The summed E-state index contributed by atoms with van der Waals surface area (Å²) >= 11 is 12.0. The molecule has 2 aromatic rings. The first-order chi connectivity index (χ1) is 9.08. The summed E-state index contributed by atoms with van der Waals surface area (Å²) in [5.74, 6) is 0. The molecule has 0 fully saturated rings. The Bertz CT molecular complexity index is 558. The summed E-state index contributed by atoms with van der Waals surface area (Å²) in [6.07, 6.45) is 4.50. The molecule has 3 nitrogen and oxygen atoms in total. The van der Waals surface area contributed by atoms with Crippen molar-refractivity contribution in [1.82, 2.24) is 4.98 Å². The molecule has 100 valence electrons. The van der Waals surface area contributed by atoms with E-state index in [0.717, 1.165) is 18.7 Å². The fourth-order valence-corrected chi connectivity index (χ4v) is 2.18. The van der Waals surface area contributed by atoms with E-state index >= 15 is 0 Å². The number of hydrogen-bond donors (Lipinski definition) is 1. The smallest absolute Gasteiger partial charge is 0.0614 e. The number of anilines is 2. The molecule has 0 atom stereocenters. The number of likely N-dealkylation sites (N-methyl/N-ethyl adjacent to an activating group) is 1. The number of aromatic nitrogens is 1. The molecular weight excluding hydrogens is 281 g/mol. The van der Waals surface area contributed by atoms with Crippen molar-refractivity contribution in [2.75, 3.05) is 24.2 Å². The molecule has 1 heterocycles. The largest absolute Gasteiger partial charge is 0.397 e. The van der Waals surface area contributed by atoms with Crippen molar-refractivity contribution in [1.29, 1.82) is 0 Å². The molecule has 19 heavy (non-hydrogen) atoms.